The van der Waals surface area contributed by atoms with Crippen LogP contribution in [0.25, 0.3) is 0 Å². The summed E-state index contributed by atoms with van der Waals surface area (Å²) in [4.78, 5) is 32.5. The highest BCUT2D eigenvalue weighted by atomic mass is 32.1. The maximum absolute atomic E-state index is 12.6. The van der Waals surface area contributed by atoms with Crippen molar-refractivity contribution in [1.29, 1.82) is 0 Å². The molecule has 0 aliphatic carbocycles. The third-order valence-electron chi connectivity index (χ3n) is 5.05. The van der Waals surface area contributed by atoms with E-state index in [-0.39, 0.29) is 36.8 Å². The topological polar surface area (TPSA) is 95.9 Å². The van der Waals surface area contributed by atoms with Gasteiger partial charge in [-0.25, -0.2) is 0 Å². The van der Waals surface area contributed by atoms with Gasteiger partial charge in [-0.05, 0) is 37.4 Å². The molecular formula is C23H28N2O7S. The lowest BCUT2D eigenvalue weighted by atomic mass is 10.1. The van der Waals surface area contributed by atoms with E-state index in [1.54, 1.807) is 28.4 Å². The minimum Gasteiger partial charge on any atom is -0.493 e. The van der Waals surface area contributed by atoms with E-state index in [9.17, 15) is 9.59 Å². The van der Waals surface area contributed by atoms with Gasteiger partial charge < -0.3 is 28.7 Å². The van der Waals surface area contributed by atoms with Crippen LogP contribution in [0.4, 0.5) is 0 Å². The zero-order valence-electron chi connectivity index (χ0n) is 19.2. The van der Waals surface area contributed by atoms with Gasteiger partial charge in [0.1, 0.15) is 12.7 Å². The first kappa shape index (κ1) is 24.5. The fraction of sp³-hybridized carbons (Fsp3) is 0.435. The largest absolute Gasteiger partial charge is 0.493 e. The number of ether oxygens (including phenoxy) is 4. The molecule has 1 saturated heterocycles. The van der Waals surface area contributed by atoms with Crippen LogP contribution in [0.3, 0.4) is 0 Å². The third-order valence-corrected chi connectivity index (χ3v) is 6.03. The van der Waals surface area contributed by atoms with Crippen LogP contribution in [-0.4, -0.2) is 75.5 Å². The number of amides is 1. The maximum atomic E-state index is 12.6. The molecule has 0 bridgehead atoms. The number of thiophene rings is 1. The lowest BCUT2D eigenvalue weighted by molar-refractivity contribution is -0.144. The van der Waals surface area contributed by atoms with E-state index in [0.29, 0.717) is 36.8 Å². The number of Topliss-reactive ketones (excluding diaryl/α,β-unsaturated/α-hetero) is 1. The van der Waals surface area contributed by atoms with Gasteiger partial charge in [0.2, 0.25) is 5.75 Å². The van der Waals surface area contributed by atoms with Crippen LogP contribution in [0.2, 0.25) is 0 Å². The molecule has 1 amide bonds. The molecule has 0 N–H and O–H groups in total. The molecule has 1 unspecified atom stereocenters. The van der Waals surface area contributed by atoms with Crippen molar-refractivity contribution in [1.82, 2.24) is 4.90 Å². The van der Waals surface area contributed by atoms with Gasteiger partial charge in [0, 0.05) is 6.54 Å². The Balaban J connectivity index is 1.58. The molecule has 3 rings (SSSR count). The van der Waals surface area contributed by atoms with Crippen molar-refractivity contribution in [2.24, 2.45) is 5.16 Å². The number of methoxy groups -OCH3 is 2. The van der Waals surface area contributed by atoms with Crippen LogP contribution in [0.5, 0.6) is 17.2 Å². The summed E-state index contributed by atoms with van der Waals surface area (Å²) in [7, 11) is 2.99. The van der Waals surface area contributed by atoms with Gasteiger partial charge in [-0.3, -0.25) is 9.59 Å². The molecule has 1 aliphatic heterocycles. The molecule has 1 aromatic carbocycles. The molecule has 1 aromatic heterocycles. The quantitative estimate of drug-likeness (QED) is 0.295. The number of ketones is 1. The predicted molar refractivity (Wildman–Crippen MR) is 124 cm³/mol. The Morgan fingerprint density at radius 3 is 2.67 bits per heavy atom. The minimum atomic E-state index is -0.380. The summed E-state index contributed by atoms with van der Waals surface area (Å²) >= 11 is 1.55. The molecule has 2 heterocycles. The molecule has 9 nitrogen and oxygen atoms in total. The van der Waals surface area contributed by atoms with Gasteiger partial charge in [-0.2, -0.15) is 0 Å². The van der Waals surface area contributed by atoms with Crippen molar-refractivity contribution >= 4 is 28.7 Å². The molecule has 178 valence electrons. The summed E-state index contributed by atoms with van der Waals surface area (Å²) in [5.41, 5.74) is 1.10. The smallest absolute Gasteiger partial charge is 0.263 e. The minimum absolute atomic E-state index is 0.129. The molecule has 1 atom stereocenters. The Morgan fingerprint density at radius 2 is 2.00 bits per heavy atom. The van der Waals surface area contributed by atoms with E-state index in [0.717, 1.165) is 10.6 Å². The van der Waals surface area contributed by atoms with E-state index >= 15 is 0 Å². The van der Waals surface area contributed by atoms with Crippen molar-refractivity contribution in [2.75, 3.05) is 47.1 Å². The second-order valence-corrected chi connectivity index (χ2v) is 8.25. The number of oxime groups is 1. The summed E-state index contributed by atoms with van der Waals surface area (Å²) in [5.74, 6) is 0.728. The van der Waals surface area contributed by atoms with Crippen molar-refractivity contribution in [3.8, 4) is 17.2 Å². The average molecular weight is 477 g/mol. The standard InChI is InChI=1S/C23H28N2O7S/c1-15(20-6-5-11-33-20)24-32-14-21(27)25-9-10-30-17(12-25)13-31-22-18(16(2)26)7-8-19(28-3)23(22)29-4/h5-8,11,17H,9-10,12-14H2,1-4H3/b24-15-. The fourth-order valence-corrected chi connectivity index (χ4v) is 4.02. The van der Waals surface area contributed by atoms with Crippen LogP contribution < -0.4 is 14.2 Å². The average Bonchev–Trinajstić information content (AvgIpc) is 3.37. The normalized spacial score (nSPS) is 16.3. The van der Waals surface area contributed by atoms with Crippen molar-refractivity contribution in [3.05, 3.63) is 40.1 Å². The van der Waals surface area contributed by atoms with Crippen LogP contribution in [0, 0.1) is 0 Å². The number of nitrogens with zero attached hydrogens (tertiary/aromatic N) is 2. The second kappa shape index (κ2) is 11.7. The maximum Gasteiger partial charge on any atom is 0.263 e. The Kier molecular flexibility index (Phi) is 8.67. The Morgan fingerprint density at radius 1 is 1.18 bits per heavy atom. The summed E-state index contributed by atoms with van der Waals surface area (Å²) in [5, 5.41) is 5.98. The molecule has 0 saturated carbocycles. The number of carbonyl (C=O) groups is 2. The molecule has 0 spiro atoms. The lowest BCUT2D eigenvalue weighted by Crippen LogP contribution is -2.48. The summed E-state index contributed by atoms with van der Waals surface area (Å²) in [6.45, 7) is 4.41. The monoisotopic (exact) mass is 476 g/mol. The molecule has 0 radical (unpaired) electrons. The van der Waals surface area contributed by atoms with Crippen molar-refractivity contribution < 1.29 is 33.4 Å². The zero-order chi connectivity index (χ0) is 23.8. The predicted octanol–water partition coefficient (Wildman–Crippen LogP) is 3.01. The molecule has 1 fully saturated rings. The van der Waals surface area contributed by atoms with Gasteiger partial charge in [-0.1, -0.05) is 11.2 Å². The lowest BCUT2D eigenvalue weighted by Gasteiger charge is -2.32. The Bertz CT molecular complexity index is 991. The summed E-state index contributed by atoms with van der Waals surface area (Å²) < 4.78 is 22.4. The number of morpholine rings is 1. The van der Waals surface area contributed by atoms with Gasteiger partial charge in [0.05, 0.1) is 43.5 Å². The SMILES string of the molecule is COc1ccc(C(C)=O)c(OCC2CN(C(=O)CO/N=C(/C)c3cccs3)CCO2)c1OC. The number of rotatable bonds is 10. The molecule has 33 heavy (non-hydrogen) atoms. The van der Waals surface area contributed by atoms with Gasteiger partial charge in [-0.15, -0.1) is 11.3 Å². The summed E-state index contributed by atoms with van der Waals surface area (Å²) in [6.07, 6.45) is -0.380. The molecule has 2 aromatic rings. The second-order valence-electron chi connectivity index (χ2n) is 7.30. The van der Waals surface area contributed by atoms with Crippen LogP contribution in [0.15, 0.2) is 34.8 Å². The molecule has 10 heteroatoms. The van der Waals surface area contributed by atoms with Gasteiger partial charge in [0.25, 0.3) is 5.91 Å². The van der Waals surface area contributed by atoms with Crippen molar-refractivity contribution in [2.45, 2.75) is 20.0 Å². The fourth-order valence-electron chi connectivity index (χ4n) is 3.35. The first-order chi connectivity index (χ1) is 15.9. The number of benzene rings is 1. The van der Waals surface area contributed by atoms with E-state index in [2.05, 4.69) is 5.16 Å². The molecular weight excluding hydrogens is 448 g/mol. The first-order valence-corrected chi connectivity index (χ1v) is 11.3. The number of carbonyl (C=O) groups excluding carboxylic acids is 2. The highest BCUT2D eigenvalue weighted by Gasteiger charge is 2.27. The number of hydrogen-bond donors (Lipinski definition) is 0. The van der Waals surface area contributed by atoms with Crippen LogP contribution >= 0.6 is 11.3 Å². The summed E-state index contributed by atoms with van der Waals surface area (Å²) in [6, 6.07) is 7.16. The Labute approximate surface area is 196 Å². The Hall–Kier alpha value is -3.11. The van der Waals surface area contributed by atoms with E-state index in [1.165, 1.54) is 21.1 Å². The van der Waals surface area contributed by atoms with E-state index in [4.69, 9.17) is 23.8 Å². The third kappa shape index (κ3) is 6.23. The zero-order valence-corrected chi connectivity index (χ0v) is 20.0. The van der Waals surface area contributed by atoms with Crippen LogP contribution in [-0.2, 0) is 14.4 Å². The highest BCUT2D eigenvalue weighted by molar-refractivity contribution is 7.12. The van der Waals surface area contributed by atoms with E-state index in [1.807, 2.05) is 24.4 Å². The number of hydrogen-bond acceptors (Lipinski definition) is 9. The van der Waals surface area contributed by atoms with Crippen LogP contribution in [0.1, 0.15) is 29.1 Å². The van der Waals surface area contributed by atoms with Crippen molar-refractivity contribution in [3.63, 3.8) is 0 Å². The van der Waals surface area contributed by atoms with Gasteiger partial charge in [0.15, 0.2) is 23.9 Å². The first-order valence-electron chi connectivity index (χ1n) is 10.4. The van der Waals surface area contributed by atoms with E-state index < -0.39 is 0 Å². The van der Waals surface area contributed by atoms with Gasteiger partial charge >= 0.3 is 0 Å². The molecule has 1 aliphatic rings. The highest BCUT2D eigenvalue weighted by Crippen LogP contribution is 2.40.